The van der Waals surface area contributed by atoms with Gasteiger partial charge in [-0.25, -0.2) is 8.42 Å². The highest BCUT2D eigenvalue weighted by Crippen LogP contribution is 2.22. The van der Waals surface area contributed by atoms with Crippen molar-refractivity contribution >= 4 is 33.3 Å². The molecule has 0 aromatic heterocycles. The smallest absolute Gasteiger partial charge is 0.261 e. The largest absolute Gasteiger partial charge is 0.545 e. The number of nitrogens with one attached hydrogen (secondary N) is 2. The molecule has 0 aliphatic carbocycles. The third-order valence-corrected chi connectivity index (χ3v) is 5.19. The minimum Gasteiger partial charge on any atom is -0.545 e. The zero-order valence-electron chi connectivity index (χ0n) is 14.5. The molecule has 0 saturated heterocycles. The second kappa shape index (κ2) is 7.93. The number of hydrogen-bond donors (Lipinski definition) is 2. The minimum atomic E-state index is -4.12. The number of carbonyl (C=O) groups excluding carboxylic acids is 2. The van der Waals surface area contributed by atoms with E-state index in [1.807, 2.05) is 0 Å². The Bertz CT molecular complexity index is 1130. The number of benzene rings is 3. The summed E-state index contributed by atoms with van der Waals surface area (Å²) in [4.78, 5) is 23.3. The third-order valence-electron chi connectivity index (χ3n) is 3.83. The number of anilines is 2. The molecule has 0 radical (unpaired) electrons. The Hall–Kier alpha value is -3.65. The Labute approximate surface area is 161 Å². The first-order valence-electron chi connectivity index (χ1n) is 8.16. The van der Waals surface area contributed by atoms with Gasteiger partial charge in [0.25, 0.3) is 15.9 Å². The lowest BCUT2D eigenvalue weighted by atomic mass is 10.1. The summed E-state index contributed by atoms with van der Waals surface area (Å²) < 4.78 is 27.6. The minimum absolute atomic E-state index is 0.0646. The van der Waals surface area contributed by atoms with Gasteiger partial charge in [-0.1, -0.05) is 42.5 Å². The first kappa shape index (κ1) is 19.1. The van der Waals surface area contributed by atoms with Gasteiger partial charge in [-0.15, -0.1) is 0 Å². The molecule has 0 aliphatic heterocycles. The average Bonchev–Trinajstić information content (AvgIpc) is 2.69. The topological polar surface area (TPSA) is 115 Å². The fraction of sp³-hybridized carbons (Fsp3) is 0. The molecule has 8 heteroatoms. The molecule has 2 N–H and O–H groups in total. The van der Waals surface area contributed by atoms with Gasteiger partial charge in [-0.3, -0.25) is 9.52 Å². The van der Waals surface area contributed by atoms with Gasteiger partial charge >= 0.3 is 0 Å². The van der Waals surface area contributed by atoms with Crippen molar-refractivity contribution in [3.8, 4) is 0 Å². The van der Waals surface area contributed by atoms with Crippen LogP contribution in [0.5, 0.6) is 0 Å². The second-order valence-corrected chi connectivity index (χ2v) is 7.47. The summed E-state index contributed by atoms with van der Waals surface area (Å²) in [7, 11) is -4.12. The zero-order valence-corrected chi connectivity index (χ0v) is 15.3. The molecule has 3 rings (SSSR count). The summed E-state index contributed by atoms with van der Waals surface area (Å²) in [6.07, 6.45) is 0. The molecule has 1 amide bonds. The second-order valence-electron chi connectivity index (χ2n) is 5.79. The molecule has 0 bridgehead atoms. The van der Waals surface area contributed by atoms with Crippen LogP contribution in [0.2, 0.25) is 0 Å². The van der Waals surface area contributed by atoms with Crippen LogP contribution in [0, 0.1) is 0 Å². The number of carboxylic acids is 1. The van der Waals surface area contributed by atoms with Gasteiger partial charge in [0.1, 0.15) is 0 Å². The number of aromatic carboxylic acids is 1. The van der Waals surface area contributed by atoms with Gasteiger partial charge in [0.05, 0.1) is 22.1 Å². The van der Waals surface area contributed by atoms with Gasteiger partial charge < -0.3 is 15.2 Å². The number of carbonyl (C=O) groups is 2. The lowest BCUT2D eigenvalue weighted by Gasteiger charge is -2.13. The molecule has 0 unspecified atom stereocenters. The van der Waals surface area contributed by atoms with Crippen molar-refractivity contribution in [2.75, 3.05) is 10.0 Å². The number of hydrogen-bond acceptors (Lipinski definition) is 5. The molecular formula is C20H15N2O5S-. The molecule has 28 heavy (non-hydrogen) atoms. The van der Waals surface area contributed by atoms with Crippen molar-refractivity contribution in [2.24, 2.45) is 0 Å². The average molecular weight is 395 g/mol. The standard InChI is InChI=1S/C20H16N2O5S/c23-19(21-15-8-2-1-3-9-15)17-11-4-5-12-18(17)22-28(26,27)16-10-6-7-14(13-16)20(24)25/h1-13,22H,(H,21,23)(H,24,25)/p-1. The number of rotatable bonds is 6. The molecule has 0 spiro atoms. The van der Waals surface area contributed by atoms with Crippen molar-refractivity contribution in [1.82, 2.24) is 0 Å². The molecule has 7 nitrogen and oxygen atoms in total. The maximum absolute atomic E-state index is 12.7. The van der Waals surface area contributed by atoms with Crippen LogP contribution in [0.25, 0.3) is 0 Å². The molecular weight excluding hydrogens is 380 g/mol. The molecule has 0 atom stereocenters. The van der Waals surface area contributed by atoms with E-state index in [-0.39, 0.29) is 21.7 Å². The summed E-state index contributed by atoms with van der Waals surface area (Å²) in [6, 6.07) is 19.6. The first-order valence-corrected chi connectivity index (χ1v) is 9.65. The highest BCUT2D eigenvalue weighted by Gasteiger charge is 2.19. The number of carboxylic acid groups (broad SMARTS) is 1. The van der Waals surface area contributed by atoms with E-state index in [1.165, 1.54) is 30.3 Å². The van der Waals surface area contributed by atoms with Crippen LogP contribution >= 0.6 is 0 Å². The summed E-state index contributed by atoms with van der Waals surface area (Å²) in [5.74, 6) is -1.98. The van der Waals surface area contributed by atoms with Gasteiger partial charge in [0.15, 0.2) is 0 Å². The van der Waals surface area contributed by atoms with Crippen molar-refractivity contribution in [1.29, 1.82) is 0 Å². The van der Waals surface area contributed by atoms with Gasteiger partial charge in [0.2, 0.25) is 0 Å². The van der Waals surface area contributed by atoms with E-state index < -0.39 is 21.9 Å². The summed E-state index contributed by atoms with van der Waals surface area (Å²) in [5, 5.41) is 13.7. The summed E-state index contributed by atoms with van der Waals surface area (Å²) >= 11 is 0. The highest BCUT2D eigenvalue weighted by atomic mass is 32.2. The number of sulfonamides is 1. The third kappa shape index (κ3) is 4.36. The van der Waals surface area contributed by atoms with Crippen LogP contribution in [-0.2, 0) is 10.0 Å². The molecule has 142 valence electrons. The van der Waals surface area contributed by atoms with E-state index in [0.717, 1.165) is 6.07 Å². The van der Waals surface area contributed by atoms with Gasteiger partial charge in [-0.05, 0) is 42.0 Å². The monoisotopic (exact) mass is 395 g/mol. The Kier molecular flexibility index (Phi) is 5.42. The molecule has 0 fully saturated rings. The Morgan fingerprint density at radius 2 is 1.50 bits per heavy atom. The molecule has 0 aliphatic rings. The van der Waals surface area contributed by atoms with Gasteiger partial charge in [0, 0.05) is 5.69 Å². The van der Waals surface area contributed by atoms with E-state index >= 15 is 0 Å². The van der Waals surface area contributed by atoms with Crippen LogP contribution < -0.4 is 15.1 Å². The number of para-hydroxylation sites is 2. The van der Waals surface area contributed by atoms with E-state index in [9.17, 15) is 23.1 Å². The normalized spacial score (nSPS) is 10.9. The van der Waals surface area contributed by atoms with Crippen LogP contribution in [-0.4, -0.2) is 20.3 Å². The predicted octanol–water partition coefficient (Wildman–Crippen LogP) is 2.10. The molecule has 3 aromatic carbocycles. The summed E-state index contributed by atoms with van der Waals surface area (Å²) in [5.41, 5.74) is 0.477. The Morgan fingerprint density at radius 1 is 0.821 bits per heavy atom. The first-order chi connectivity index (χ1) is 13.4. The predicted molar refractivity (Wildman–Crippen MR) is 102 cm³/mol. The van der Waals surface area contributed by atoms with Crippen LogP contribution in [0.1, 0.15) is 20.7 Å². The zero-order chi connectivity index (χ0) is 20.1. The van der Waals surface area contributed by atoms with E-state index in [2.05, 4.69) is 10.0 Å². The van der Waals surface area contributed by atoms with Crippen LogP contribution in [0.4, 0.5) is 11.4 Å². The van der Waals surface area contributed by atoms with E-state index in [4.69, 9.17) is 0 Å². The SMILES string of the molecule is O=C([O-])c1cccc(S(=O)(=O)Nc2ccccc2C(=O)Nc2ccccc2)c1. The van der Waals surface area contributed by atoms with Gasteiger partial charge in [-0.2, -0.15) is 0 Å². The van der Waals surface area contributed by atoms with Crippen LogP contribution in [0.15, 0.2) is 83.8 Å². The van der Waals surface area contributed by atoms with E-state index in [0.29, 0.717) is 5.69 Å². The highest BCUT2D eigenvalue weighted by molar-refractivity contribution is 7.92. The van der Waals surface area contributed by atoms with Crippen LogP contribution in [0.3, 0.4) is 0 Å². The summed E-state index contributed by atoms with van der Waals surface area (Å²) in [6.45, 7) is 0. The lowest BCUT2D eigenvalue weighted by molar-refractivity contribution is -0.255. The van der Waals surface area contributed by atoms with Crippen molar-refractivity contribution in [2.45, 2.75) is 4.90 Å². The molecule has 3 aromatic rings. The maximum atomic E-state index is 12.7. The fourth-order valence-electron chi connectivity index (χ4n) is 2.48. The van der Waals surface area contributed by atoms with E-state index in [1.54, 1.807) is 42.5 Å². The quantitative estimate of drug-likeness (QED) is 0.663. The maximum Gasteiger partial charge on any atom is 0.261 e. The molecule has 0 saturated carbocycles. The van der Waals surface area contributed by atoms with Crippen molar-refractivity contribution in [3.05, 3.63) is 90.0 Å². The Morgan fingerprint density at radius 3 is 2.21 bits per heavy atom. The lowest BCUT2D eigenvalue weighted by Crippen LogP contribution is -2.23. The van der Waals surface area contributed by atoms with Crippen molar-refractivity contribution in [3.63, 3.8) is 0 Å². The number of amides is 1. The molecule has 0 heterocycles. The van der Waals surface area contributed by atoms with Crippen molar-refractivity contribution < 1.29 is 23.1 Å². The fourth-order valence-corrected chi connectivity index (χ4v) is 3.61. The Balaban J connectivity index is 1.89.